The molecule has 0 radical (unpaired) electrons. The van der Waals surface area contributed by atoms with E-state index < -0.39 is 0 Å². The Hall–Kier alpha value is -3.31. The maximum Gasteiger partial charge on any atom is 0.255 e. The quantitative estimate of drug-likeness (QED) is 0.614. The highest BCUT2D eigenvalue weighted by atomic mass is 35.5. The maximum absolute atomic E-state index is 12.6. The minimum absolute atomic E-state index is 0.120. The molecule has 0 aliphatic carbocycles. The second-order valence-corrected chi connectivity index (χ2v) is 6.86. The highest BCUT2D eigenvalue weighted by Crippen LogP contribution is 2.16. The molecular formula is C23H21ClN2O3. The summed E-state index contributed by atoms with van der Waals surface area (Å²) < 4.78 is 5.62. The Labute approximate surface area is 174 Å². The average molecular weight is 409 g/mol. The van der Waals surface area contributed by atoms with Gasteiger partial charge in [0, 0.05) is 28.9 Å². The van der Waals surface area contributed by atoms with Crippen LogP contribution in [0.4, 0.5) is 5.69 Å². The molecule has 0 saturated heterocycles. The normalized spacial score (nSPS) is 10.3. The zero-order valence-corrected chi connectivity index (χ0v) is 16.7. The number of halogens is 1. The summed E-state index contributed by atoms with van der Waals surface area (Å²) in [7, 11) is 1.72. The topological polar surface area (TPSA) is 58.6 Å². The summed E-state index contributed by atoms with van der Waals surface area (Å²) in [6, 6.07) is 22.9. The van der Waals surface area contributed by atoms with Gasteiger partial charge in [0.05, 0.1) is 6.54 Å². The second kappa shape index (κ2) is 9.75. The zero-order valence-electron chi connectivity index (χ0n) is 16.0. The van der Waals surface area contributed by atoms with E-state index in [-0.39, 0.29) is 11.8 Å². The summed E-state index contributed by atoms with van der Waals surface area (Å²) >= 11 is 5.84. The first-order valence-electron chi connectivity index (χ1n) is 9.13. The van der Waals surface area contributed by atoms with Crippen molar-refractivity contribution in [1.82, 2.24) is 4.90 Å². The van der Waals surface area contributed by atoms with Crippen LogP contribution in [0, 0.1) is 0 Å². The van der Waals surface area contributed by atoms with Crippen molar-refractivity contribution in [2.75, 3.05) is 25.5 Å². The molecule has 2 amide bonds. The van der Waals surface area contributed by atoms with Crippen molar-refractivity contribution in [3.8, 4) is 5.75 Å². The van der Waals surface area contributed by atoms with E-state index in [1.165, 1.54) is 0 Å². The van der Waals surface area contributed by atoms with Crippen molar-refractivity contribution in [2.45, 2.75) is 0 Å². The molecule has 3 aromatic rings. The van der Waals surface area contributed by atoms with Crippen molar-refractivity contribution in [3.63, 3.8) is 0 Å². The molecule has 0 aromatic heterocycles. The van der Waals surface area contributed by atoms with Gasteiger partial charge in [0.2, 0.25) is 0 Å². The molecule has 0 bridgehead atoms. The molecule has 0 aliphatic heterocycles. The SMILES string of the molecule is CN(CCOc1ccc(Cl)cc1)C(=O)c1ccc(NC(=O)c2ccccc2)cc1. The van der Waals surface area contributed by atoms with Gasteiger partial charge in [0.15, 0.2) is 0 Å². The lowest BCUT2D eigenvalue weighted by molar-refractivity contribution is 0.0773. The summed E-state index contributed by atoms with van der Waals surface area (Å²) in [6.45, 7) is 0.809. The van der Waals surface area contributed by atoms with Gasteiger partial charge >= 0.3 is 0 Å². The van der Waals surface area contributed by atoms with Crippen molar-refractivity contribution in [2.24, 2.45) is 0 Å². The number of nitrogens with one attached hydrogen (secondary N) is 1. The minimum atomic E-state index is -0.193. The molecule has 0 fully saturated rings. The first kappa shape index (κ1) is 20.4. The average Bonchev–Trinajstić information content (AvgIpc) is 2.75. The van der Waals surface area contributed by atoms with Crippen LogP contribution in [0.25, 0.3) is 0 Å². The van der Waals surface area contributed by atoms with E-state index in [2.05, 4.69) is 5.32 Å². The summed E-state index contributed by atoms with van der Waals surface area (Å²) in [5, 5.41) is 3.46. The largest absolute Gasteiger partial charge is 0.492 e. The molecule has 0 saturated carbocycles. The number of carbonyl (C=O) groups is 2. The van der Waals surface area contributed by atoms with Crippen LogP contribution >= 0.6 is 11.6 Å². The lowest BCUT2D eigenvalue weighted by Crippen LogP contribution is -2.30. The number of amides is 2. The lowest BCUT2D eigenvalue weighted by Gasteiger charge is -2.18. The van der Waals surface area contributed by atoms with E-state index in [1.807, 2.05) is 18.2 Å². The fourth-order valence-electron chi connectivity index (χ4n) is 2.64. The van der Waals surface area contributed by atoms with Gasteiger partial charge in [0.25, 0.3) is 11.8 Å². The Bertz CT molecular complexity index is 958. The Balaban J connectivity index is 1.51. The van der Waals surface area contributed by atoms with Crippen molar-refractivity contribution >= 4 is 29.1 Å². The highest BCUT2D eigenvalue weighted by Gasteiger charge is 2.12. The predicted molar refractivity (Wildman–Crippen MR) is 115 cm³/mol. The summed E-state index contributed by atoms with van der Waals surface area (Å²) in [4.78, 5) is 26.3. The molecule has 0 aliphatic rings. The van der Waals surface area contributed by atoms with Crippen LogP contribution in [0.15, 0.2) is 78.9 Å². The minimum Gasteiger partial charge on any atom is -0.492 e. The van der Waals surface area contributed by atoms with E-state index in [4.69, 9.17) is 16.3 Å². The van der Waals surface area contributed by atoms with Crippen molar-refractivity contribution in [1.29, 1.82) is 0 Å². The molecule has 3 rings (SSSR count). The Kier molecular flexibility index (Phi) is 6.87. The van der Waals surface area contributed by atoms with Gasteiger partial charge in [0.1, 0.15) is 12.4 Å². The number of carbonyl (C=O) groups excluding carboxylic acids is 2. The first-order chi connectivity index (χ1) is 14.0. The van der Waals surface area contributed by atoms with Gasteiger partial charge in [-0.15, -0.1) is 0 Å². The molecule has 5 nitrogen and oxygen atoms in total. The van der Waals surface area contributed by atoms with E-state index in [0.29, 0.717) is 40.7 Å². The third-order valence-corrected chi connectivity index (χ3v) is 4.53. The van der Waals surface area contributed by atoms with Crippen LogP contribution in [-0.4, -0.2) is 36.9 Å². The van der Waals surface area contributed by atoms with Gasteiger partial charge in [-0.25, -0.2) is 0 Å². The molecule has 148 valence electrons. The summed E-state index contributed by atoms with van der Waals surface area (Å²) in [5.74, 6) is 0.389. The molecule has 3 aromatic carbocycles. The van der Waals surface area contributed by atoms with E-state index in [1.54, 1.807) is 72.6 Å². The fraction of sp³-hybridized carbons (Fsp3) is 0.130. The summed E-state index contributed by atoms with van der Waals surface area (Å²) in [6.07, 6.45) is 0. The first-order valence-corrected chi connectivity index (χ1v) is 9.51. The van der Waals surface area contributed by atoms with Gasteiger partial charge in [-0.05, 0) is 60.7 Å². The number of hydrogen-bond donors (Lipinski definition) is 1. The number of benzene rings is 3. The highest BCUT2D eigenvalue weighted by molar-refractivity contribution is 6.30. The lowest BCUT2D eigenvalue weighted by atomic mass is 10.1. The number of nitrogens with zero attached hydrogens (tertiary/aromatic N) is 1. The van der Waals surface area contributed by atoms with Gasteiger partial charge in [-0.3, -0.25) is 9.59 Å². The van der Waals surface area contributed by atoms with Crippen molar-refractivity contribution < 1.29 is 14.3 Å². The van der Waals surface area contributed by atoms with Crippen LogP contribution in [-0.2, 0) is 0 Å². The molecule has 1 N–H and O–H groups in total. The smallest absolute Gasteiger partial charge is 0.255 e. The Morgan fingerprint density at radius 1 is 0.897 bits per heavy atom. The number of likely N-dealkylation sites (N-methyl/N-ethyl adjacent to an activating group) is 1. The Morgan fingerprint density at radius 2 is 1.55 bits per heavy atom. The molecule has 0 heterocycles. The number of rotatable bonds is 7. The standard InChI is InChI=1S/C23H21ClN2O3/c1-26(15-16-29-21-13-9-19(24)10-14-21)23(28)18-7-11-20(12-8-18)25-22(27)17-5-3-2-4-6-17/h2-14H,15-16H2,1H3,(H,25,27). The van der Waals surface area contributed by atoms with Gasteiger partial charge in [-0.1, -0.05) is 29.8 Å². The number of ether oxygens (including phenoxy) is 1. The molecule has 6 heteroatoms. The Morgan fingerprint density at radius 3 is 2.21 bits per heavy atom. The third-order valence-electron chi connectivity index (χ3n) is 4.28. The van der Waals surface area contributed by atoms with Gasteiger partial charge < -0.3 is 15.0 Å². The monoisotopic (exact) mass is 408 g/mol. The van der Waals surface area contributed by atoms with Crippen molar-refractivity contribution in [3.05, 3.63) is 95.0 Å². The van der Waals surface area contributed by atoms with Crippen LogP contribution in [0.5, 0.6) is 5.75 Å². The second-order valence-electron chi connectivity index (χ2n) is 6.43. The zero-order chi connectivity index (χ0) is 20.6. The van der Waals surface area contributed by atoms with Crippen LogP contribution in [0.1, 0.15) is 20.7 Å². The van der Waals surface area contributed by atoms with E-state index in [0.717, 1.165) is 0 Å². The number of hydrogen-bond acceptors (Lipinski definition) is 3. The van der Waals surface area contributed by atoms with Gasteiger partial charge in [-0.2, -0.15) is 0 Å². The summed E-state index contributed by atoms with van der Waals surface area (Å²) in [5.41, 5.74) is 1.74. The van der Waals surface area contributed by atoms with Crippen LogP contribution in [0.2, 0.25) is 5.02 Å². The van der Waals surface area contributed by atoms with Crippen LogP contribution < -0.4 is 10.1 Å². The maximum atomic E-state index is 12.6. The molecule has 0 spiro atoms. The van der Waals surface area contributed by atoms with E-state index in [9.17, 15) is 9.59 Å². The molecule has 29 heavy (non-hydrogen) atoms. The molecular weight excluding hydrogens is 388 g/mol. The third kappa shape index (κ3) is 5.83. The molecule has 0 unspecified atom stereocenters. The number of anilines is 1. The van der Waals surface area contributed by atoms with E-state index >= 15 is 0 Å². The molecule has 0 atom stereocenters. The predicted octanol–water partition coefficient (Wildman–Crippen LogP) is 4.74. The van der Waals surface area contributed by atoms with Crippen LogP contribution in [0.3, 0.4) is 0 Å². The fourth-order valence-corrected chi connectivity index (χ4v) is 2.77.